The van der Waals surface area contributed by atoms with Crippen molar-refractivity contribution in [2.45, 2.75) is 19.3 Å². The molecule has 146 valence electrons. The number of fused-ring (bicyclic) bond motifs is 1. The number of alkyl halides is 3. The lowest BCUT2D eigenvalue weighted by Gasteiger charge is -2.23. The van der Waals surface area contributed by atoms with Crippen molar-refractivity contribution in [2.75, 3.05) is 0 Å². The molecule has 0 bridgehead atoms. The number of hydrogen-bond acceptors (Lipinski definition) is 1. The molecule has 2 nitrogen and oxygen atoms in total. The first kappa shape index (κ1) is 19.0. The third-order valence-corrected chi connectivity index (χ3v) is 4.95. The molecule has 3 aromatic carbocycles. The summed E-state index contributed by atoms with van der Waals surface area (Å²) in [7, 11) is 0. The van der Waals surface area contributed by atoms with Gasteiger partial charge in [0.25, 0.3) is 5.91 Å². The largest absolute Gasteiger partial charge is 0.416 e. The molecule has 0 saturated carbocycles. The van der Waals surface area contributed by atoms with Crippen molar-refractivity contribution in [3.8, 4) is 0 Å². The topological polar surface area (TPSA) is 20.3 Å². The summed E-state index contributed by atoms with van der Waals surface area (Å²) >= 11 is 0. The molecule has 3 aromatic rings. The average Bonchev–Trinajstić information content (AvgIpc) is 2.85. The molecular formula is C24H18F3NO. The summed E-state index contributed by atoms with van der Waals surface area (Å²) in [6, 6.07) is 22.3. The Morgan fingerprint density at radius 2 is 1.52 bits per heavy atom. The zero-order valence-corrected chi connectivity index (χ0v) is 15.5. The van der Waals surface area contributed by atoms with Crippen molar-refractivity contribution in [2.24, 2.45) is 0 Å². The van der Waals surface area contributed by atoms with Crippen LogP contribution in [-0.2, 0) is 24.1 Å². The van der Waals surface area contributed by atoms with Gasteiger partial charge >= 0.3 is 6.18 Å². The SMILES string of the molecule is O=C1C(c2ccccc2)=Cc2ccc(C(F)(F)F)cc2CN1Cc1ccccc1. The van der Waals surface area contributed by atoms with Crippen LogP contribution in [0, 0.1) is 0 Å². The zero-order valence-electron chi connectivity index (χ0n) is 15.5. The van der Waals surface area contributed by atoms with Gasteiger partial charge in [-0.05, 0) is 40.5 Å². The van der Waals surface area contributed by atoms with E-state index in [2.05, 4.69) is 0 Å². The van der Waals surface area contributed by atoms with Crippen LogP contribution in [0.3, 0.4) is 0 Å². The van der Waals surface area contributed by atoms with Gasteiger partial charge in [-0.3, -0.25) is 4.79 Å². The lowest BCUT2D eigenvalue weighted by molar-refractivity contribution is -0.137. The second-order valence-electron chi connectivity index (χ2n) is 6.98. The first-order chi connectivity index (χ1) is 13.9. The molecule has 5 heteroatoms. The van der Waals surface area contributed by atoms with E-state index in [1.807, 2.05) is 60.7 Å². The minimum atomic E-state index is -4.43. The van der Waals surface area contributed by atoms with Gasteiger partial charge in [-0.25, -0.2) is 0 Å². The molecule has 1 aliphatic heterocycles. The first-order valence-electron chi connectivity index (χ1n) is 9.22. The highest BCUT2D eigenvalue weighted by Crippen LogP contribution is 2.34. The smallest absolute Gasteiger partial charge is 0.330 e. The fraction of sp³-hybridized carbons (Fsp3) is 0.125. The van der Waals surface area contributed by atoms with Crippen molar-refractivity contribution in [3.63, 3.8) is 0 Å². The number of carbonyl (C=O) groups is 1. The van der Waals surface area contributed by atoms with Gasteiger partial charge in [0.1, 0.15) is 0 Å². The molecule has 1 amide bonds. The zero-order chi connectivity index (χ0) is 20.4. The molecule has 0 spiro atoms. The first-order valence-corrected chi connectivity index (χ1v) is 9.22. The Balaban J connectivity index is 1.81. The summed E-state index contributed by atoms with van der Waals surface area (Å²) in [5.41, 5.74) is 2.53. The van der Waals surface area contributed by atoms with Gasteiger partial charge in [-0.2, -0.15) is 13.2 Å². The Labute approximate surface area is 166 Å². The Hall–Kier alpha value is -3.34. The lowest BCUT2D eigenvalue weighted by Crippen LogP contribution is -2.30. The third-order valence-electron chi connectivity index (χ3n) is 4.95. The molecule has 29 heavy (non-hydrogen) atoms. The van der Waals surface area contributed by atoms with Crippen LogP contribution in [0.1, 0.15) is 27.8 Å². The quantitative estimate of drug-likeness (QED) is 0.552. The molecule has 0 unspecified atom stereocenters. The highest BCUT2D eigenvalue weighted by atomic mass is 19.4. The van der Waals surface area contributed by atoms with Crippen molar-refractivity contribution >= 4 is 17.6 Å². The maximum absolute atomic E-state index is 13.3. The fourth-order valence-electron chi connectivity index (χ4n) is 3.48. The highest BCUT2D eigenvalue weighted by Gasteiger charge is 2.32. The summed E-state index contributed by atoms with van der Waals surface area (Å²) in [4.78, 5) is 14.9. The van der Waals surface area contributed by atoms with E-state index in [9.17, 15) is 18.0 Å². The summed E-state index contributed by atoms with van der Waals surface area (Å²) in [5.74, 6) is -0.204. The molecule has 0 fully saturated rings. The van der Waals surface area contributed by atoms with Crippen LogP contribution in [0.2, 0.25) is 0 Å². The van der Waals surface area contributed by atoms with Crippen LogP contribution in [0.15, 0.2) is 78.9 Å². The monoisotopic (exact) mass is 393 g/mol. The minimum absolute atomic E-state index is 0.111. The summed E-state index contributed by atoms with van der Waals surface area (Å²) in [6.45, 7) is 0.430. The van der Waals surface area contributed by atoms with Crippen molar-refractivity contribution < 1.29 is 18.0 Å². The van der Waals surface area contributed by atoms with Gasteiger partial charge in [0.2, 0.25) is 0 Å². The second-order valence-corrected chi connectivity index (χ2v) is 6.98. The van der Waals surface area contributed by atoms with Crippen LogP contribution in [0.5, 0.6) is 0 Å². The number of halogens is 3. The van der Waals surface area contributed by atoms with Crippen molar-refractivity contribution in [1.82, 2.24) is 4.90 Å². The van der Waals surface area contributed by atoms with E-state index in [0.717, 1.165) is 23.3 Å². The highest BCUT2D eigenvalue weighted by molar-refractivity contribution is 6.24. The number of amides is 1. The van der Waals surface area contributed by atoms with Crippen LogP contribution in [0.25, 0.3) is 11.6 Å². The predicted molar refractivity (Wildman–Crippen MR) is 106 cm³/mol. The standard InChI is InChI=1S/C24H18F3NO/c25-24(26,27)21-12-11-19-14-22(18-9-5-2-6-10-18)23(29)28(16-20(19)13-21)15-17-7-3-1-4-8-17/h1-14H,15-16H2. The number of nitrogens with zero attached hydrogens (tertiary/aromatic N) is 1. The van der Waals surface area contributed by atoms with E-state index in [1.54, 1.807) is 11.0 Å². The Morgan fingerprint density at radius 3 is 2.17 bits per heavy atom. The van der Waals surface area contributed by atoms with Gasteiger partial charge in [-0.15, -0.1) is 0 Å². The molecule has 0 radical (unpaired) electrons. The number of carbonyl (C=O) groups excluding carboxylic acids is 1. The van der Waals surface area contributed by atoms with Gasteiger partial charge < -0.3 is 4.90 Å². The summed E-state index contributed by atoms with van der Waals surface area (Å²) in [5, 5.41) is 0. The molecule has 0 atom stereocenters. The van der Waals surface area contributed by atoms with E-state index in [0.29, 0.717) is 23.2 Å². The lowest BCUT2D eigenvalue weighted by atomic mass is 9.99. The van der Waals surface area contributed by atoms with Crippen molar-refractivity contribution in [1.29, 1.82) is 0 Å². The maximum atomic E-state index is 13.3. The van der Waals surface area contributed by atoms with Crippen LogP contribution < -0.4 is 0 Å². The Morgan fingerprint density at radius 1 is 0.862 bits per heavy atom. The number of hydrogen-bond donors (Lipinski definition) is 0. The van der Waals surface area contributed by atoms with Gasteiger partial charge in [0.15, 0.2) is 0 Å². The van der Waals surface area contributed by atoms with E-state index in [-0.39, 0.29) is 12.5 Å². The molecule has 4 rings (SSSR count). The minimum Gasteiger partial charge on any atom is -0.330 e. The van der Waals surface area contributed by atoms with E-state index >= 15 is 0 Å². The van der Waals surface area contributed by atoms with Crippen LogP contribution in [0.4, 0.5) is 13.2 Å². The van der Waals surface area contributed by atoms with E-state index in [1.165, 1.54) is 6.07 Å². The summed E-state index contributed by atoms with van der Waals surface area (Å²) < 4.78 is 39.7. The predicted octanol–water partition coefficient (Wildman–Crippen LogP) is 5.79. The summed E-state index contributed by atoms with van der Waals surface area (Å²) in [6.07, 6.45) is -2.74. The van der Waals surface area contributed by atoms with Crippen LogP contribution >= 0.6 is 0 Å². The molecule has 1 aliphatic rings. The normalized spacial score (nSPS) is 14.2. The number of rotatable bonds is 3. The maximum Gasteiger partial charge on any atom is 0.416 e. The van der Waals surface area contributed by atoms with Gasteiger partial charge in [0, 0.05) is 18.7 Å². The molecule has 0 aliphatic carbocycles. The second kappa shape index (κ2) is 7.59. The fourth-order valence-corrected chi connectivity index (χ4v) is 3.48. The molecular weight excluding hydrogens is 375 g/mol. The van der Waals surface area contributed by atoms with Crippen LogP contribution in [-0.4, -0.2) is 10.8 Å². The molecule has 0 saturated heterocycles. The van der Waals surface area contributed by atoms with Crippen molar-refractivity contribution in [3.05, 3.63) is 107 Å². The molecule has 0 aromatic heterocycles. The third kappa shape index (κ3) is 4.09. The molecule has 1 heterocycles. The van der Waals surface area contributed by atoms with E-state index < -0.39 is 11.7 Å². The molecule has 0 N–H and O–H groups in total. The van der Waals surface area contributed by atoms with E-state index in [4.69, 9.17) is 0 Å². The number of benzene rings is 3. The Kier molecular flexibility index (Phi) is 4.97. The van der Waals surface area contributed by atoms with Gasteiger partial charge in [-0.1, -0.05) is 66.7 Å². The average molecular weight is 393 g/mol. The van der Waals surface area contributed by atoms with Gasteiger partial charge in [0.05, 0.1) is 5.56 Å². The Bertz CT molecular complexity index is 1060.